The Kier molecular flexibility index (Phi) is 1.65. The highest BCUT2D eigenvalue weighted by Gasteiger charge is 2.08. The van der Waals surface area contributed by atoms with Gasteiger partial charge in [0.2, 0.25) is 10.3 Å². The molecule has 0 bridgehead atoms. The maximum atomic E-state index is 10.1. The maximum absolute atomic E-state index is 10.1. The first-order chi connectivity index (χ1) is 3.80. The van der Waals surface area contributed by atoms with Crippen LogP contribution in [0.15, 0.2) is 0 Å². The van der Waals surface area contributed by atoms with Crippen molar-refractivity contribution in [1.29, 1.82) is 0 Å². The predicted molar refractivity (Wildman–Crippen MR) is 30.2 cm³/mol. The molecule has 0 spiro atoms. The van der Waals surface area contributed by atoms with Crippen LogP contribution < -0.4 is 5.32 Å². The van der Waals surface area contributed by atoms with Crippen molar-refractivity contribution in [2.24, 2.45) is 0 Å². The lowest BCUT2D eigenvalue weighted by atomic mass is 10.4. The maximum Gasteiger partial charge on any atom is 0.229 e. The zero-order chi connectivity index (χ0) is 5.98. The molecule has 1 fully saturated rings. The number of hydrogen-bond donors (Lipinski definition) is 0. The van der Waals surface area contributed by atoms with E-state index in [1.807, 2.05) is 0 Å². The molecule has 1 aliphatic heterocycles. The summed E-state index contributed by atoms with van der Waals surface area (Å²) in [5, 5.41) is 3.74. The summed E-state index contributed by atoms with van der Waals surface area (Å²) in [7, 11) is -2.04. The molecule has 0 aromatic carbocycles. The summed E-state index contributed by atoms with van der Waals surface area (Å²) in [5.41, 5.74) is 0. The van der Waals surface area contributed by atoms with Crippen molar-refractivity contribution in [2.45, 2.75) is 12.8 Å². The molecule has 1 saturated heterocycles. The molecule has 0 amide bonds. The van der Waals surface area contributed by atoms with E-state index >= 15 is 0 Å². The summed E-state index contributed by atoms with van der Waals surface area (Å²) in [6.45, 7) is 0.684. The van der Waals surface area contributed by atoms with Gasteiger partial charge in [-0.15, -0.1) is 0 Å². The standard InChI is InChI=1S/C4H6NO2S/c6-8(7)4-2-1-3-5-4/h1-3H2. The second kappa shape index (κ2) is 2.28. The number of nitrogens with zero attached hydrogens (tertiary/aromatic N) is 1. The lowest BCUT2D eigenvalue weighted by Gasteiger charge is -1.77. The van der Waals surface area contributed by atoms with Crippen LogP contribution >= 0.6 is 0 Å². The van der Waals surface area contributed by atoms with Gasteiger partial charge in [-0.3, -0.25) is 0 Å². The molecule has 0 atom stereocenters. The van der Waals surface area contributed by atoms with Gasteiger partial charge in [0.15, 0.2) is 0 Å². The molecule has 1 heterocycles. The second-order valence-electron chi connectivity index (χ2n) is 1.61. The van der Waals surface area contributed by atoms with E-state index in [9.17, 15) is 8.42 Å². The van der Waals surface area contributed by atoms with E-state index in [2.05, 4.69) is 5.32 Å². The van der Waals surface area contributed by atoms with Crippen molar-refractivity contribution in [3.05, 3.63) is 0 Å². The summed E-state index contributed by atoms with van der Waals surface area (Å²) in [5.74, 6) is 0. The molecule has 1 aliphatic rings. The van der Waals surface area contributed by atoms with Crippen molar-refractivity contribution in [2.75, 3.05) is 6.54 Å². The van der Waals surface area contributed by atoms with Crippen LogP contribution in [0.25, 0.3) is 0 Å². The fourth-order valence-corrected chi connectivity index (χ4v) is 1.16. The lowest BCUT2D eigenvalue weighted by molar-refractivity contribution is 0.626. The second-order valence-corrected chi connectivity index (χ2v) is 2.55. The molecule has 0 saturated carbocycles. The SMILES string of the molecule is O=S(=O)=C1CCC[N]1. The van der Waals surface area contributed by atoms with Gasteiger partial charge in [0.1, 0.15) is 4.99 Å². The molecular weight excluding hydrogens is 126 g/mol. The summed E-state index contributed by atoms with van der Waals surface area (Å²) >= 11 is 0. The Labute approximate surface area is 49.2 Å². The van der Waals surface area contributed by atoms with Crippen LogP contribution in [-0.4, -0.2) is 20.0 Å². The third-order valence-electron chi connectivity index (χ3n) is 1.03. The van der Waals surface area contributed by atoms with Gasteiger partial charge < -0.3 is 0 Å². The molecule has 0 aromatic rings. The van der Waals surface area contributed by atoms with Crippen molar-refractivity contribution >= 4 is 15.3 Å². The van der Waals surface area contributed by atoms with Gasteiger partial charge >= 0.3 is 0 Å². The minimum atomic E-state index is -2.04. The van der Waals surface area contributed by atoms with Crippen molar-refractivity contribution in [3.8, 4) is 0 Å². The van der Waals surface area contributed by atoms with Gasteiger partial charge in [0, 0.05) is 13.0 Å². The first-order valence-corrected chi connectivity index (χ1v) is 3.51. The Bertz CT molecular complexity index is 188. The molecule has 4 heteroatoms. The minimum Gasteiger partial charge on any atom is -0.195 e. The molecule has 0 unspecified atom stereocenters. The summed E-state index contributed by atoms with van der Waals surface area (Å²) in [4.78, 5) is 0.338. The number of rotatable bonds is 0. The van der Waals surface area contributed by atoms with E-state index in [0.717, 1.165) is 6.42 Å². The molecule has 0 N–H and O–H groups in total. The van der Waals surface area contributed by atoms with Crippen LogP contribution in [0, 0.1) is 0 Å². The zero-order valence-corrected chi connectivity index (χ0v) is 5.11. The average molecular weight is 132 g/mol. The van der Waals surface area contributed by atoms with Gasteiger partial charge in [-0.05, 0) is 6.42 Å². The molecule has 0 aliphatic carbocycles. The molecular formula is C4H6NO2S. The van der Waals surface area contributed by atoms with Gasteiger partial charge in [-0.1, -0.05) is 0 Å². The Morgan fingerprint density at radius 3 is 2.50 bits per heavy atom. The van der Waals surface area contributed by atoms with Gasteiger partial charge in [-0.2, -0.15) is 13.7 Å². The fourth-order valence-electron chi connectivity index (χ4n) is 0.649. The molecule has 0 aromatic heterocycles. The third kappa shape index (κ3) is 1.08. The van der Waals surface area contributed by atoms with E-state index in [4.69, 9.17) is 0 Å². The van der Waals surface area contributed by atoms with Gasteiger partial charge in [-0.25, -0.2) is 0 Å². The highest BCUT2D eigenvalue weighted by molar-refractivity contribution is 7.72. The highest BCUT2D eigenvalue weighted by Crippen LogP contribution is 1.97. The molecule has 1 rings (SSSR count). The van der Waals surface area contributed by atoms with E-state index in [-0.39, 0.29) is 0 Å². The van der Waals surface area contributed by atoms with Crippen LogP contribution in [0.4, 0.5) is 0 Å². The predicted octanol–water partition coefficient (Wildman–Crippen LogP) is -0.606. The summed E-state index contributed by atoms with van der Waals surface area (Å²) < 4.78 is 20.1. The Balaban J connectivity index is 2.88. The van der Waals surface area contributed by atoms with E-state index in [0.29, 0.717) is 18.0 Å². The molecule has 1 radical (unpaired) electrons. The fraction of sp³-hybridized carbons (Fsp3) is 0.750. The zero-order valence-electron chi connectivity index (χ0n) is 4.29. The summed E-state index contributed by atoms with van der Waals surface area (Å²) in [6, 6.07) is 0. The first kappa shape index (κ1) is 5.78. The van der Waals surface area contributed by atoms with E-state index in [1.165, 1.54) is 0 Å². The van der Waals surface area contributed by atoms with Gasteiger partial charge in [0.05, 0.1) is 0 Å². The van der Waals surface area contributed by atoms with Crippen molar-refractivity contribution in [1.82, 2.24) is 5.32 Å². The van der Waals surface area contributed by atoms with Crippen molar-refractivity contribution in [3.63, 3.8) is 0 Å². The van der Waals surface area contributed by atoms with E-state index < -0.39 is 10.3 Å². The normalized spacial score (nSPS) is 19.2. The Hall–Kier alpha value is -0.350. The monoisotopic (exact) mass is 132 g/mol. The van der Waals surface area contributed by atoms with Crippen LogP contribution in [0.1, 0.15) is 12.8 Å². The molecule has 45 valence electrons. The Morgan fingerprint density at radius 2 is 2.25 bits per heavy atom. The molecule has 8 heavy (non-hydrogen) atoms. The average Bonchev–Trinajstić information content (AvgIpc) is 2.12. The minimum absolute atomic E-state index is 0.338. The number of hydrogen-bond acceptors (Lipinski definition) is 2. The topological polar surface area (TPSA) is 48.2 Å². The van der Waals surface area contributed by atoms with Crippen LogP contribution in [0.2, 0.25) is 0 Å². The smallest absolute Gasteiger partial charge is 0.195 e. The quantitative estimate of drug-likeness (QED) is 0.413. The lowest BCUT2D eigenvalue weighted by Crippen LogP contribution is -2.05. The summed E-state index contributed by atoms with van der Waals surface area (Å²) in [6.07, 6.45) is 1.53. The largest absolute Gasteiger partial charge is 0.229 e. The van der Waals surface area contributed by atoms with E-state index in [1.54, 1.807) is 0 Å². The van der Waals surface area contributed by atoms with Crippen LogP contribution in [-0.2, 0) is 10.3 Å². The van der Waals surface area contributed by atoms with Gasteiger partial charge in [0.25, 0.3) is 0 Å². The third-order valence-corrected chi connectivity index (χ3v) is 1.75. The van der Waals surface area contributed by atoms with Crippen LogP contribution in [0.3, 0.4) is 0 Å². The van der Waals surface area contributed by atoms with Crippen LogP contribution in [0.5, 0.6) is 0 Å². The highest BCUT2D eigenvalue weighted by atomic mass is 32.2. The first-order valence-electron chi connectivity index (χ1n) is 2.43. The Morgan fingerprint density at radius 1 is 1.50 bits per heavy atom. The molecule has 3 nitrogen and oxygen atoms in total. The van der Waals surface area contributed by atoms with Crippen molar-refractivity contribution < 1.29 is 8.42 Å².